The van der Waals surface area contributed by atoms with Gasteiger partial charge in [-0.2, -0.15) is 4.31 Å². The highest BCUT2D eigenvalue weighted by molar-refractivity contribution is 7.89. The van der Waals surface area contributed by atoms with Crippen LogP contribution in [0.25, 0.3) is 17.0 Å². The zero-order valence-electron chi connectivity index (χ0n) is 15.4. The molecule has 1 fully saturated rings. The number of nitrogens with zero attached hydrogens (tertiary/aromatic N) is 3. The minimum atomic E-state index is -3.64. The molecule has 0 aliphatic carbocycles. The molecular weight excluding hydrogens is 392 g/mol. The average Bonchev–Trinajstić information content (AvgIpc) is 3.28. The summed E-state index contributed by atoms with van der Waals surface area (Å²) in [4.78, 5) is 12.0. The van der Waals surface area contributed by atoms with Crippen molar-refractivity contribution in [3.05, 3.63) is 64.6 Å². The first-order valence-corrected chi connectivity index (χ1v) is 10.6. The van der Waals surface area contributed by atoms with Gasteiger partial charge in [-0.05, 0) is 36.4 Å². The number of rotatable bonds is 3. The number of H-pyrrole nitrogens is 1. The number of fused-ring (bicyclic) bond motifs is 2. The zero-order chi connectivity index (χ0) is 20.0. The van der Waals surface area contributed by atoms with Gasteiger partial charge >= 0.3 is 0 Å². The molecule has 2 aliphatic rings. The van der Waals surface area contributed by atoms with E-state index in [9.17, 15) is 13.5 Å². The Morgan fingerprint density at radius 2 is 1.76 bits per heavy atom. The summed E-state index contributed by atoms with van der Waals surface area (Å²) in [5.41, 5.74) is 1.08. The Kier molecular flexibility index (Phi) is 4.23. The minimum absolute atomic E-state index is 0.0604. The molecule has 148 valence electrons. The lowest BCUT2D eigenvalue weighted by atomic mass is 10.1. The van der Waals surface area contributed by atoms with Gasteiger partial charge in [0.15, 0.2) is 11.7 Å². The molecule has 9 heteroatoms. The van der Waals surface area contributed by atoms with Crippen molar-refractivity contribution in [3.63, 3.8) is 0 Å². The van der Waals surface area contributed by atoms with Crippen LogP contribution in [0.1, 0.15) is 5.56 Å². The topological polar surface area (TPSA) is 107 Å². The smallest absolute Gasteiger partial charge is 0.243 e. The molecule has 0 atom stereocenters. The van der Waals surface area contributed by atoms with Gasteiger partial charge in [-0.3, -0.25) is 0 Å². The van der Waals surface area contributed by atoms with Crippen molar-refractivity contribution in [2.45, 2.75) is 4.90 Å². The Morgan fingerprint density at radius 3 is 2.45 bits per heavy atom. The molecule has 29 heavy (non-hydrogen) atoms. The molecule has 2 aromatic carbocycles. The Morgan fingerprint density at radius 1 is 1.07 bits per heavy atom. The quantitative estimate of drug-likeness (QED) is 0.675. The zero-order valence-corrected chi connectivity index (χ0v) is 16.2. The van der Waals surface area contributed by atoms with Crippen molar-refractivity contribution in [3.8, 4) is 5.88 Å². The van der Waals surface area contributed by atoms with Gasteiger partial charge in [0.2, 0.25) is 10.0 Å². The second-order valence-electron chi connectivity index (χ2n) is 6.83. The van der Waals surface area contributed by atoms with Crippen molar-refractivity contribution < 1.29 is 18.3 Å². The fourth-order valence-corrected chi connectivity index (χ4v) is 4.97. The molecule has 0 bridgehead atoms. The van der Waals surface area contributed by atoms with Crippen LogP contribution in [-0.4, -0.2) is 49.1 Å². The SMILES string of the molecule is O=S(=O)(c1ccc2[nH]c(O)c(C=C3N=c4ccccc4=N3)c2c1)N1CCOCC1. The maximum atomic E-state index is 13.0. The first-order valence-electron chi connectivity index (χ1n) is 9.19. The van der Waals surface area contributed by atoms with E-state index in [1.165, 1.54) is 4.31 Å². The third-order valence-corrected chi connectivity index (χ3v) is 6.92. The Balaban J connectivity index is 1.60. The monoisotopic (exact) mass is 410 g/mol. The summed E-state index contributed by atoms with van der Waals surface area (Å²) in [5.74, 6) is 0.388. The highest BCUT2D eigenvalue weighted by Crippen LogP contribution is 2.32. The van der Waals surface area contributed by atoms with Crippen LogP contribution in [0.3, 0.4) is 0 Å². The van der Waals surface area contributed by atoms with Gasteiger partial charge < -0.3 is 14.8 Å². The highest BCUT2D eigenvalue weighted by Gasteiger charge is 2.27. The molecule has 8 nitrogen and oxygen atoms in total. The van der Waals surface area contributed by atoms with Crippen LogP contribution in [0, 0.1) is 0 Å². The molecular formula is C20H18N4O4S. The largest absolute Gasteiger partial charge is 0.494 e. The van der Waals surface area contributed by atoms with Gasteiger partial charge in [-0.1, -0.05) is 12.1 Å². The lowest BCUT2D eigenvalue weighted by molar-refractivity contribution is 0.0730. The second kappa shape index (κ2) is 6.80. The van der Waals surface area contributed by atoms with Crippen LogP contribution in [0.4, 0.5) is 0 Å². The molecule has 0 amide bonds. The first-order chi connectivity index (χ1) is 14.0. The number of para-hydroxylation sites is 2. The van der Waals surface area contributed by atoms with Crippen LogP contribution in [-0.2, 0) is 14.8 Å². The molecule has 3 aromatic rings. The van der Waals surface area contributed by atoms with Crippen LogP contribution >= 0.6 is 0 Å². The fourth-order valence-electron chi connectivity index (χ4n) is 3.54. The van der Waals surface area contributed by atoms with E-state index in [2.05, 4.69) is 15.0 Å². The fraction of sp³-hybridized carbons (Fsp3) is 0.200. The Bertz CT molecular complexity index is 1330. The summed E-state index contributed by atoms with van der Waals surface area (Å²) >= 11 is 0. The van der Waals surface area contributed by atoms with Crippen molar-refractivity contribution in [1.82, 2.24) is 9.29 Å². The van der Waals surface area contributed by atoms with Crippen LogP contribution in [0.2, 0.25) is 0 Å². The number of ether oxygens (including phenoxy) is 1. The van der Waals surface area contributed by atoms with Crippen molar-refractivity contribution in [2.24, 2.45) is 9.98 Å². The number of hydrogen-bond acceptors (Lipinski definition) is 6. The maximum Gasteiger partial charge on any atom is 0.243 e. The number of aromatic hydroxyl groups is 1. The standard InChI is InChI=1S/C20H18N4O4S/c25-20-15(12-19-21-17-3-1-2-4-18(17)22-19)14-11-13(5-6-16(14)23-20)29(26,27)24-7-9-28-10-8-24/h1-6,11-12,23,25H,7-10H2. The van der Waals surface area contributed by atoms with E-state index in [1.807, 2.05) is 24.3 Å². The number of aromatic amines is 1. The predicted octanol–water partition coefficient (Wildman–Crippen LogP) is 1.15. The average molecular weight is 410 g/mol. The summed E-state index contributed by atoms with van der Waals surface area (Å²) in [7, 11) is -3.64. The third-order valence-electron chi connectivity index (χ3n) is 5.02. The summed E-state index contributed by atoms with van der Waals surface area (Å²) in [6, 6.07) is 12.3. The van der Waals surface area contributed by atoms with Crippen LogP contribution in [0.5, 0.6) is 5.88 Å². The first kappa shape index (κ1) is 18.0. The Hall–Kier alpha value is -3.01. The number of benzene rings is 2. The van der Waals surface area contributed by atoms with Crippen LogP contribution < -0.4 is 10.7 Å². The normalized spacial score (nSPS) is 17.0. The van der Waals surface area contributed by atoms with Crippen molar-refractivity contribution in [2.75, 3.05) is 26.3 Å². The van der Waals surface area contributed by atoms with Gasteiger partial charge in [0.1, 0.15) is 0 Å². The van der Waals surface area contributed by atoms with E-state index in [0.717, 1.165) is 10.7 Å². The molecule has 1 aromatic heterocycles. The second-order valence-corrected chi connectivity index (χ2v) is 8.76. The molecule has 0 saturated carbocycles. The lowest BCUT2D eigenvalue weighted by Gasteiger charge is -2.26. The number of nitrogens with one attached hydrogen (secondary N) is 1. The van der Waals surface area contributed by atoms with Crippen molar-refractivity contribution >= 4 is 27.0 Å². The minimum Gasteiger partial charge on any atom is -0.494 e. The van der Waals surface area contributed by atoms with E-state index < -0.39 is 10.0 Å². The van der Waals surface area contributed by atoms with Gasteiger partial charge in [0, 0.05) is 29.6 Å². The van der Waals surface area contributed by atoms with Crippen LogP contribution in [0.15, 0.2) is 63.2 Å². The molecule has 2 N–H and O–H groups in total. The molecule has 0 spiro atoms. The highest BCUT2D eigenvalue weighted by atomic mass is 32.2. The molecule has 1 saturated heterocycles. The van der Waals surface area contributed by atoms with Gasteiger partial charge in [-0.15, -0.1) is 0 Å². The summed E-state index contributed by atoms with van der Waals surface area (Å²) in [5, 5.41) is 12.5. The molecule has 0 unspecified atom stereocenters. The number of morpholine rings is 1. The van der Waals surface area contributed by atoms with E-state index in [4.69, 9.17) is 4.74 Å². The number of hydrogen-bond donors (Lipinski definition) is 2. The summed E-state index contributed by atoms with van der Waals surface area (Å²) in [6.45, 7) is 1.41. The Labute approximate surface area is 166 Å². The molecule has 3 heterocycles. The molecule has 2 aliphatic heterocycles. The molecule has 5 rings (SSSR count). The summed E-state index contributed by atoms with van der Waals surface area (Å²) in [6.07, 6.45) is 1.65. The third kappa shape index (κ3) is 3.13. The van der Waals surface area contributed by atoms with E-state index in [0.29, 0.717) is 48.6 Å². The summed E-state index contributed by atoms with van der Waals surface area (Å²) < 4.78 is 32.6. The number of aromatic nitrogens is 1. The van der Waals surface area contributed by atoms with E-state index in [1.54, 1.807) is 24.3 Å². The van der Waals surface area contributed by atoms with Gasteiger partial charge in [-0.25, -0.2) is 18.4 Å². The predicted molar refractivity (Wildman–Crippen MR) is 106 cm³/mol. The van der Waals surface area contributed by atoms with E-state index >= 15 is 0 Å². The lowest BCUT2D eigenvalue weighted by Crippen LogP contribution is -2.40. The maximum absolute atomic E-state index is 13.0. The van der Waals surface area contributed by atoms with E-state index in [-0.39, 0.29) is 10.8 Å². The van der Waals surface area contributed by atoms with Gasteiger partial charge in [0.05, 0.1) is 28.8 Å². The van der Waals surface area contributed by atoms with Crippen molar-refractivity contribution in [1.29, 1.82) is 0 Å². The molecule has 0 radical (unpaired) electrons. The van der Waals surface area contributed by atoms with Gasteiger partial charge in [0.25, 0.3) is 0 Å². The number of sulfonamides is 1.